The Kier molecular flexibility index (Phi) is 60.4. The molecule has 0 aliphatic rings. The van der Waals surface area contributed by atoms with Crippen LogP contribution >= 0.6 is 0 Å². The molecule has 77 heavy (non-hydrogen) atoms. The third-order valence-corrected chi connectivity index (χ3v) is 13.1. The average molecular weight is 1070 g/mol. The molecule has 0 aliphatic carbocycles. The molecule has 0 saturated heterocycles. The molecule has 436 valence electrons. The molecular weight excluding hydrogens is 949 g/mol. The van der Waals surface area contributed by atoms with Gasteiger partial charge in [-0.3, -0.25) is 14.4 Å². The Morgan fingerprint density at radius 3 is 0.818 bits per heavy atom. The predicted octanol–water partition coefficient (Wildman–Crippen LogP) is 21.8. The molecule has 0 aromatic carbocycles. The molecule has 0 aromatic rings. The number of carbonyl (C=O) groups excluding carboxylic acids is 3. The molecule has 0 N–H and O–H groups in total. The van der Waals surface area contributed by atoms with E-state index in [0.717, 1.165) is 135 Å². The Labute approximate surface area is 475 Å². The van der Waals surface area contributed by atoms with E-state index in [1.54, 1.807) is 0 Å². The maximum atomic E-state index is 12.9. The van der Waals surface area contributed by atoms with Crippen molar-refractivity contribution >= 4 is 17.9 Å². The molecule has 0 aliphatic heterocycles. The lowest BCUT2D eigenvalue weighted by molar-refractivity contribution is -0.167. The van der Waals surface area contributed by atoms with E-state index in [-0.39, 0.29) is 31.1 Å². The maximum absolute atomic E-state index is 12.9. The van der Waals surface area contributed by atoms with Gasteiger partial charge in [0.1, 0.15) is 13.2 Å². The number of rotatable bonds is 56. The second kappa shape index (κ2) is 64.1. The van der Waals surface area contributed by atoms with E-state index in [1.165, 1.54) is 103 Å². The number of ether oxygens (including phenoxy) is 3. The van der Waals surface area contributed by atoms with Gasteiger partial charge in [-0.15, -0.1) is 0 Å². The highest BCUT2D eigenvalue weighted by atomic mass is 16.6. The third-order valence-electron chi connectivity index (χ3n) is 13.1. The number of esters is 3. The first-order valence-electron chi connectivity index (χ1n) is 31.7. The highest BCUT2D eigenvalue weighted by Gasteiger charge is 2.19. The fourth-order valence-corrected chi connectivity index (χ4v) is 8.41. The lowest BCUT2D eigenvalue weighted by Gasteiger charge is -2.18. The number of hydrogen-bond donors (Lipinski definition) is 0. The van der Waals surface area contributed by atoms with Crippen LogP contribution in [0.15, 0.2) is 134 Å². The summed E-state index contributed by atoms with van der Waals surface area (Å²) in [6, 6.07) is 0. The molecule has 6 nitrogen and oxygen atoms in total. The van der Waals surface area contributed by atoms with Gasteiger partial charge in [0.15, 0.2) is 6.10 Å². The highest BCUT2D eigenvalue weighted by Crippen LogP contribution is 2.15. The molecule has 1 unspecified atom stereocenters. The van der Waals surface area contributed by atoms with Gasteiger partial charge in [0, 0.05) is 19.3 Å². The van der Waals surface area contributed by atoms with Crippen LogP contribution in [0.4, 0.5) is 0 Å². The summed E-state index contributed by atoms with van der Waals surface area (Å²) in [5.41, 5.74) is 0. The lowest BCUT2D eigenvalue weighted by atomic mass is 10.1. The van der Waals surface area contributed by atoms with Crippen LogP contribution in [0, 0.1) is 0 Å². The predicted molar refractivity (Wildman–Crippen MR) is 334 cm³/mol. The van der Waals surface area contributed by atoms with E-state index in [4.69, 9.17) is 14.2 Å². The van der Waals surface area contributed by atoms with Gasteiger partial charge >= 0.3 is 17.9 Å². The normalized spacial score (nSPS) is 13.0. The van der Waals surface area contributed by atoms with Gasteiger partial charge in [-0.05, 0) is 122 Å². The number of unbranched alkanes of at least 4 members (excludes halogenated alkanes) is 23. The van der Waals surface area contributed by atoms with Crippen LogP contribution in [0.2, 0.25) is 0 Å². The van der Waals surface area contributed by atoms with E-state index in [2.05, 4.69) is 154 Å². The SMILES string of the molecule is CC/C=C\C/C=C\C/C=C\C/C=C\C/C=C\C/C=C\C/C=C\C/C=C\C/C=C\CCCCCC(=O)OCC(COC(=O)CCCCCCCCCCCC)OC(=O)CCCCCCCCC/C=C\C/C=C\CCCCCC. The fraction of sp³-hybridized carbons (Fsp3) is 0.648. The van der Waals surface area contributed by atoms with Crippen molar-refractivity contribution in [3.63, 3.8) is 0 Å². The van der Waals surface area contributed by atoms with Crippen molar-refractivity contribution in [1.82, 2.24) is 0 Å². The fourth-order valence-electron chi connectivity index (χ4n) is 8.41. The minimum absolute atomic E-state index is 0.0933. The Morgan fingerprint density at radius 1 is 0.273 bits per heavy atom. The minimum atomic E-state index is -0.799. The summed E-state index contributed by atoms with van der Waals surface area (Å²) in [6.45, 7) is 6.47. The zero-order chi connectivity index (χ0) is 55.7. The summed E-state index contributed by atoms with van der Waals surface area (Å²) >= 11 is 0. The molecule has 0 rings (SSSR count). The second-order valence-electron chi connectivity index (χ2n) is 20.6. The van der Waals surface area contributed by atoms with Gasteiger partial charge in [-0.1, -0.05) is 270 Å². The number of carbonyl (C=O) groups is 3. The largest absolute Gasteiger partial charge is 0.462 e. The summed E-state index contributed by atoms with van der Waals surface area (Å²) in [5, 5.41) is 0. The molecular formula is C71H116O6. The third kappa shape index (κ3) is 62.3. The Balaban J connectivity index is 4.35. The first-order chi connectivity index (χ1) is 38.0. The first kappa shape index (κ1) is 72.5. The summed E-state index contributed by atoms with van der Waals surface area (Å²) in [7, 11) is 0. The maximum Gasteiger partial charge on any atom is 0.306 e. The zero-order valence-corrected chi connectivity index (χ0v) is 49.9. The van der Waals surface area contributed by atoms with Crippen LogP contribution in [0.3, 0.4) is 0 Å². The van der Waals surface area contributed by atoms with Crippen molar-refractivity contribution < 1.29 is 28.6 Å². The summed E-state index contributed by atoms with van der Waals surface area (Å²) in [5.74, 6) is -0.936. The van der Waals surface area contributed by atoms with Crippen LogP contribution in [0.5, 0.6) is 0 Å². The smallest absolute Gasteiger partial charge is 0.306 e. The van der Waals surface area contributed by atoms with Gasteiger partial charge in [-0.25, -0.2) is 0 Å². The van der Waals surface area contributed by atoms with Crippen LogP contribution in [0.25, 0.3) is 0 Å². The van der Waals surface area contributed by atoms with Crippen molar-refractivity contribution in [2.45, 2.75) is 284 Å². The topological polar surface area (TPSA) is 78.9 Å². The van der Waals surface area contributed by atoms with Crippen molar-refractivity contribution in [2.75, 3.05) is 13.2 Å². The summed E-state index contributed by atoms with van der Waals surface area (Å²) < 4.78 is 16.8. The van der Waals surface area contributed by atoms with E-state index < -0.39 is 6.10 Å². The molecule has 0 aromatic heterocycles. The molecule has 1 atom stereocenters. The van der Waals surface area contributed by atoms with Crippen molar-refractivity contribution in [1.29, 1.82) is 0 Å². The van der Waals surface area contributed by atoms with Gasteiger partial charge in [0.25, 0.3) is 0 Å². The molecule has 6 heteroatoms. The second-order valence-corrected chi connectivity index (χ2v) is 20.6. The van der Waals surface area contributed by atoms with E-state index in [1.807, 2.05) is 0 Å². The molecule has 0 saturated carbocycles. The molecule has 0 fully saturated rings. The first-order valence-corrected chi connectivity index (χ1v) is 31.7. The number of hydrogen-bond acceptors (Lipinski definition) is 6. The van der Waals surface area contributed by atoms with Gasteiger partial charge in [0.2, 0.25) is 0 Å². The Hall–Kier alpha value is -4.45. The molecule has 0 radical (unpaired) electrons. The minimum Gasteiger partial charge on any atom is -0.462 e. The Bertz CT molecular complexity index is 1650. The van der Waals surface area contributed by atoms with Gasteiger partial charge in [0.05, 0.1) is 0 Å². The summed E-state index contributed by atoms with van der Waals surface area (Å²) in [4.78, 5) is 38.2. The van der Waals surface area contributed by atoms with E-state index in [9.17, 15) is 14.4 Å². The highest BCUT2D eigenvalue weighted by molar-refractivity contribution is 5.71. The van der Waals surface area contributed by atoms with Crippen molar-refractivity contribution in [3.05, 3.63) is 134 Å². The van der Waals surface area contributed by atoms with Crippen LogP contribution in [-0.4, -0.2) is 37.2 Å². The molecule has 0 heterocycles. The lowest BCUT2D eigenvalue weighted by Crippen LogP contribution is -2.30. The van der Waals surface area contributed by atoms with Crippen molar-refractivity contribution in [3.8, 4) is 0 Å². The van der Waals surface area contributed by atoms with Gasteiger partial charge in [-0.2, -0.15) is 0 Å². The van der Waals surface area contributed by atoms with E-state index in [0.29, 0.717) is 19.3 Å². The average Bonchev–Trinajstić information content (AvgIpc) is 3.43. The molecule has 0 spiro atoms. The monoisotopic (exact) mass is 1060 g/mol. The molecule has 0 amide bonds. The standard InChI is InChI=1S/C71H116O6/c1-4-7-10-13-16-19-22-24-26-28-30-31-32-33-34-35-36-37-38-39-40-41-42-44-45-47-49-52-55-58-61-64-70(73)76-67-68(66-75-69(72)63-60-57-54-51-21-18-15-12-9-6-3)77-71(74)65-62-59-56-53-50-48-46-43-29-27-25-23-20-17-14-11-8-5-2/h7,10,16,19-20,23-24,26-27,29-31,33-34,36-37,39-40,42,44,47,49,68H,4-6,8-9,11-15,17-18,21-22,25,28,32,35,38,41,43,45-46,48,50-67H2,1-3H3/b10-7-,19-16-,23-20-,26-24-,29-27-,31-30-,34-33-,37-36-,40-39-,44-42-,49-47-. The number of allylic oxidation sites excluding steroid dienone is 22. The Morgan fingerprint density at radius 2 is 0.506 bits per heavy atom. The van der Waals surface area contributed by atoms with Crippen LogP contribution < -0.4 is 0 Å². The van der Waals surface area contributed by atoms with Crippen molar-refractivity contribution in [2.24, 2.45) is 0 Å². The quantitative estimate of drug-likeness (QED) is 0.0261. The summed E-state index contributed by atoms with van der Waals surface area (Å²) in [6.07, 6.45) is 90.3. The van der Waals surface area contributed by atoms with Crippen LogP contribution in [-0.2, 0) is 28.6 Å². The zero-order valence-electron chi connectivity index (χ0n) is 49.9. The van der Waals surface area contributed by atoms with E-state index >= 15 is 0 Å². The van der Waals surface area contributed by atoms with Gasteiger partial charge < -0.3 is 14.2 Å². The molecule has 0 bridgehead atoms. The van der Waals surface area contributed by atoms with Crippen LogP contribution in [0.1, 0.15) is 278 Å².